The Morgan fingerprint density at radius 3 is 2.74 bits per heavy atom. The maximum absolute atomic E-state index is 12.5. The number of hydrogen-bond donors (Lipinski definition) is 1. The van der Waals surface area contributed by atoms with Crippen molar-refractivity contribution in [3.8, 4) is 17.1 Å². The Kier molecular flexibility index (Phi) is 4.87. The summed E-state index contributed by atoms with van der Waals surface area (Å²) in [5.74, 6) is 2.57. The summed E-state index contributed by atoms with van der Waals surface area (Å²) in [5.41, 5.74) is 1.93. The van der Waals surface area contributed by atoms with Gasteiger partial charge in [0.05, 0.1) is 13.5 Å². The van der Waals surface area contributed by atoms with Gasteiger partial charge in [-0.15, -0.1) is 10.2 Å². The molecular weight excluding hydrogens is 340 g/mol. The van der Waals surface area contributed by atoms with Crippen LogP contribution in [0, 0.1) is 0 Å². The van der Waals surface area contributed by atoms with Crippen molar-refractivity contribution in [1.82, 2.24) is 20.1 Å². The number of aromatic nitrogens is 3. The zero-order chi connectivity index (χ0) is 18.6. The molecule has 0 bridgehead atoms. The second kappa shape index (κ2) is 7.61. The van der Waals surface area contributed by atoms with E-state index in [2.05, 4.69) is 20.1 Å². The lowest BCUT2D eigenvalue weighted by Crippen LogP contribution is -2.41. The quantitative estimate of drug-likeness (QED) is 0.758. The minimum absolute atomic E-state index is 0.00212. The molecule has 1 aliphatic rings. The molecule has 0 radical (unpaired) electrons. The first-order valence-corrected chi connectivity index (χ1v) is 9.13. The third kappa shape index (κ3) is 3.69. The number of nitrogens with zero attached hydrogens (tertiary/aromatic N) is 3. The molecule has 1 amide bonds. The number of amides is 1. The zero-order valence-corrected chi connectivity index (χ0v) is 15.3. The van der Waals surface area contributed by atoms with Crippen LogP contribution in [0.5, 0.6) is 5.75 Å². The van der Waals surface area contributed by atoms with Crippen LogP contribution in [0.25, 0.3) is 11.4 Å². The van der Waals surface area contributed by atoms with Gasteiger partial charge >= 0.3 is 0 Å². The molecule has 6 heteroatoms. The second-order valence-electron chi connectivity index (χ2n) is 6.71. The summed E-state index contributed by atoms with van der Waals surface area (Å²) in [6.07, 6.45) is 1.98. The first-order valence-electron chi connectivity index (χ1n) is 9.13. The number of hydrogen-bond acceptors (Lipinski definition) is 4. The van der Waals surface area contributed by atoms with E-state index in [1.807, 2.05) is 54.6 Å². The Labute approximate surface area is 158 Å². The summed E-state index contributed by atoms with van der Waals surface area (Å²) in [6.45, 7) is 0.685. The molecule has 0 unspecified atom stereocenters. The summed E-state index contributed by atoms with van der Waals surface area (Å²) in [7, 11) is 1.62. The summed E-state index contributed by atoms with van der Waals surface area (Å²) in [4.78, 5) is 12.5. The largest absolute Gasteiger partial charge is 0.496 e. The third-order valence-corrected chi connectivity index (χ3v) is 4.89. The second-order valence-corrected chi connectivity index (χ2v) is 6.71. The third-order valence-electron chi connectivity index (χ3n) is 4.89. The van der Waals surface area contributed by atoms with Gasteiger partial charge in [0.2, 0.25) is 5.91 Å². The Bertz CT molecular complexity index is 936. The van der Waals surface area contributed by atoms with Crippen molar-refractivity contribution in [2.45, 2.75) is 31.8 Å². The van der Waals surface area contributed by atoms with E-state index < -0.39 is 0 Å². The SMILES string of the molecule is COc1ccccc1CC(=O)N[C@H]1CCc2nnc(-c3ccccc3)n2C1. The lowest BCUT2D eigenvalue weighted by atomic mass is 10.1. The number of nitrogens with one attached hydrogen (secondary N) is 1. The van der Waals surface area contributed by atoms with Gasteiger partial charge in [-0.1, -0.05) is 48.5 Å². The lowest BCUT2D eigenvalue weighted by molar-refractivity contribution is -0.121. The van der Waals surface area contributed by atoms with Crippen molar-refractivity contribution in [1.29, 1.82) is 0 Å². The van der Waals surface area contributed by atoms with Gasteiger partial charge in [-0.05, 0) is 12.5 Å². The van der Waals surface area contributed by atoms with E-state index in [4.69, 9.17) is 4.74 Å². The van der Waals surface area contributed by atoms with Gasteiger partial charge in [0.25, 0.3) is 0 Å². The number of para-hydroxylation sites is 1. The van der Waals surface area contributed by atoms with Crippen molar-refractivity contribution in [3.63, 3.8) is 0 Å². The fraction of sp³-hybridized carbons (Fsp3) is 0.286. The maximum atomic E-state index is 12.5. The van der Waals surface area contributed by atoms with Gasteiger partial charge in [-0.2, -0.15) is 0 Å². The Balaban J connectivity index is 1.45. The number of rotatable bonds is 5. The molecule has 3 aromatic rings. The molecule has 27 heavy (non-hydrogen) atoms. The molecule has 0 spiro atoms. The van der Waals surface area contributed by atoms with Crippen LogP contribution in [0.2, 0.25) is 0 Å². The molecule has 0 saturated heterocycles. The molecule has 1 N–H and O–H groups in total. The number of carbonyl (C=O) groups is 1. The fourth-order valence-electron chi connectivity index (χ4n) is 3.55. The highest BCUT2D eigenvalue weighted by Crippen LogP contribution is 2.23. The van der Waals surface area contributed by atoms with Crippen LogP contribution in [0.15, 0.2) is 54.6 Å². The predicted molar refractivity (Wildman–Crippen MR) is 102 cm³/mol. The van der Waals surface area contributed by atoms with E-state index in [1.165, 1.54) is 0 Å². The smallest absolute Gasteiger partial charge is 0.224 e. The minimum Gasteiger partial charge on any atom is -0.496 e. The highest BCUT2D eigenvalue weighted by molar-refractivity contribution is 5.79. The molecule has 0 saturated carbocycles. The maximum Gasteiger partial charge on any atom is 0.224 e. The van der Waals surface area contributed by atoms with Crippen LogP contribution < -0.4 is 10.1 Å². The monoisotopic (exact) mass is 362 g/mol. The molecule has 6 nitrogen and oxygen atoms in total. The average Bonchev–Trinajstić information content (AvgIpc) is 3.12. The summed E-state index contributed by atoms with van der Waals surface area (Å²) in [5, 5.41) is 11.8. The molecule has 1 atom stereocenters. The topological polar surface area (TPSA) is 69.0 Å². The molecular formula is C21H22N4O2. The van der Waals surface area contributed by atoms with Crippen molar-refractivity contribution in [2.24, 2.45) is 0 Å². The first-order chi connectivity index (χ1) is 13.2. The van der Waals surface area contributed by atoms with E-state index in [0.29, 0.717) is 13.0 Å². The first kappa shape index (κ1) is 17.3. The van der Waals surface area contributed by atoms with Gasteiger partial charge < -0.3 is 14.6 Å². The molecule has 1 aromatic heterocycles. The van der Waals surface area contributed by atoms with Crippen molar-refractivity contribution in [2.75, 3.05) is 7.11 Å². The molecule has 138 valence electrons. The molecule has 0 aliphatic carbocycles. The van der Waals surface area contributed by atoms with E-state index in [0.717, 1.165) is 41.4 Å². The summed E-state index contributed by atoms with van der Waals surface area (Å²) in [6, 6.07) is 17.7. The van der Waals surface area contributed by atoms with Gasteiger partial charge in [-0.25, -0.2) is 0 Å². The van der Waals surface area contributed by atoms with Crippen molar-refractivity contribution < 1.29 is 9.53 Å². The van der Waals surface area contributed by atoms with Gasteiger partial charge in [0, 0.05) is 30.1 Å². The van der Waals surface area contributed by atoms with E-state index >= 15 is 0 Å². The van der Waals surface area contributed by atoms with E-state index in [-0.39, 0.29) is 11.9 Å². The van der Waals surface area contributed by atoms with E-state index in [9.17, 15) is 4.79 Å². The molecule has 1 aliphatic heterocycles. The standard InChI is InChI=1S/C21H22N4O2/c1-27-18-10-6-5-9-16(18)13-20(26)22-17-11-12-19-23-24-21(25(19)14-17)15-7-3-2-4-8-15/h2-10,17H,11-14H2,1H3,(H,22,26)/t17-/m0/s1. The molecule has 4 rings (SSSR count). The van der Waals surface area contributed by atoms with Crippen LogP contribution in [-0.2, 0) is 24.2 Å². The number of aryl methyl sites for hydroxylation is 1. The van der Waals surface area contributed by atoms with Crippen molar-refractivity contribution in [3.05, 3.63) is 66.0 Å². The van der Waals surface area contributed by atoms with Crippen LogP contribution in [0.4, 0.5) is 0 Å². The summed E-state index contributed by atoms with van der Waals surface area (Å²) >= 11 is 0. The predicted octanol–water partition coefficient (Wildman–Crippen LogP) is 2.63. The number of ether oxygens (including phenoxy) is 1. The lowest BCUT2D eigenvalue weighted by Gasteiger charge is -2.25. The molecule has 2 aromatic carbocycles. The summed E-state index contributed by atoms with van der Waals surface area (Å²) < 4.78 is 7.45. The van der Waals surface area contributed by atoms with Crippen molar-refractivity contribution >= 4 is 5.91 Å². The fourth-order valence-corrected chi connectivity index (χ4v) is 3.55. The number of methoxy groups -OCH3 is 1. The molecule has 0 fully saturated rings. The van der Waals surface area contributed by atoms with Crippen LogP contribution >= 0.6 is 0 Å². The number of benzene rings is 2. The number of fused-ring (bicyclic) bond motifs is 1. The Hall–Kier alpha value is -3.15. The van der Waals surface area contributed by atoms with Crippen LogP contribution in [-0.4, -0.2) is 33.8 Å². The van der Waals surface area contributed by atoms with Gasteiger partial charge in [0.1, 0.15) is 11.6 Å². The van der Waals surface area contributed by atoms with Gasteiger partial charge in [0.15, 0.2) is 5.82 Å². The Morgan fingerprint density at radius 1 is 1.15 bits per heavy atom. The van der Waals surface area contributed by atoms with Crippen LogP contribution in [0.1, 0.15) is 17.8 Å². The van der Waals surface area contributed by atoms with Crippen LogP contribution in [0.3, 0.4) is 0 Å². The highest BCUT2D eigenvalue weighted by atomic mass is 16.5. The average molecular weight is 362 g/mol. The molecule has 2 heterocycles. The highest BCUT2D eigenvalue weighted by Gasteiger charge is 2.24. The number of carbonyl (C=O) groups excluding carboxylic acids is 1. The minimum atomic E-state index is 0.00212. The Morgan fingerprint density at radius 2 is 1.93 bits per heavy atom. The zero-order valence-electron chi connectivity index (χ0n) is 15.3. The normalized spacial score (nSPS) is 15.8. The van der Waals surface area contributed by atoms with E-state index in [1.54, 1.807) is 7.11 Å². The van der Waals surface area contributed by atoms with Gasteiger partial charge in [-0.3, -0.25) is 4.79 Å².